The first-order valence-corrected chi connectivity index (χ1v) is 5.89. The van der Waals surface area contributed by atoms with Crippen molar-refractivity contribution < 1.29 is 13.2 Å². The van der Waals surface area contributed by atoms with E-state index in [1.165, 1.54) is 0 Å². The summed E-state index contributed by atoms with van der Waals surface area (Å²) in [5.74, 6) is -2.88. The molecule has 4 nitrogen and oxygen atoms in total. The third kappa shape index (κ3) is 1.90. The molecule has 0 amide bonds. The zero-order chi connectivity index (χ0) is 13.6. The number of fused-ring (bicyclic) bond motifs is 1. The summed E-state index contributed by atoms with van der Waals surface area (Å²) >= 11 is 0. The first-order chi connectivity index (χ1) is 9.08. The van der Waals surface area contributed by atoms with Crippen LogP contribution in [0.5, 0.6) is 0 Å². The molecule has 0 radical (unpaired) electrons. The standard InChI is InChI=1S/C12H11F3N4/c1-6-11-17-18-12(19(11)3-2-16-6)7-4-8(13)10(15)9(14)5-7/h4-6,16H,2-3H2,1H3. The van der Waals surface area contributed by atoms with Gasteiger partial charge in [0.25, 0.3) is 0 Å². The molecule has 0 saturated carbocycles. The third-order valence-corrected chi connectivity index (χ3v) is 3.19. The summed E-state index contributed by atoms with van der Waals surface area (Å²) in [6.07, 6.45) is 0. The maximum Gasteiger partial charge on any atom is 0.194 e. The zero-order valence-corrected chi connectivity index (χ0v) is 10.1. The summed E-state index contributed by atoms with van der Waals surface area (Å²) in [5, 5.41) is 11.2. The van der Waals surface area contributed by atoms with Gasteiger partial charge in [-0.05, 0) is 19.1 Å². The second kappa shape index (κ2) is 4.34. The highest BCUT2D eigenvalue weighted by molar-refractivity contribution is 5.56. The van der Waals surface area contributed by atoms with Crippen molar-refractivity contribution in [3.8, 4) is 11.4 Å². The van der Waals surface area contributed by atoms with Gasteiger partial charge >= 0.3 is 0 Å². The van der Waals surface area contributed by atoms with Gasteiger partial charge in [0, 0.05) is 18.7 Å². The van der Waals surface area contributed by atoms with E-state index >= 15 is 0 Å². The number of benzene rings is 1. The summed E-state index contributed by atoms with van der Waals surface area (Å²) < 4.78 is 41.2. The van der Waals surface area contributed by atoms with Crippen molar-refractivity contribution in [2.45, 2.75) is 19.5 Å². The molecule has 7 heteroatoms. The average molecular weight is 268 g/mol. The molecule has 1 aromatic heterocycles. The van der Waals surface area contributed by atoms with Crippen molar-refractivity contribution in [1.82, 2.24) is 20.1 Å². The fourth-order valence-corrected chi connectivity index (χ4v) is 2.24. The number of nitrogens with zero attached hydrogens (tertiary/aromatic N) is 3. The number of rotatable bonds is 1. The van der Waals surface area contributed by atoms with Crippen molar-refractivity contribution in [3.63, 3.8) is 0 Å². The van der Waals surface area contributed by atoms with Gasteiger partial charge in [-0.25, -0.2) is 13.2 Å². The monoisotopic (exact) mass is 268 g/mol. The lowest BCUT2D eigenvalue weighted by molar-refractivity contribution is 0.437. The van der Waals surface area contributed by atoms with Crippen LogP contribution in [0.1, 0.15) is 18.8 Å². The van der Waals surface area contributed by atoms with Crippen LogP contribution in [0.15, 0.2) is 12.1 Å². The predicted octanol–water partition coefficient (Wildman–Crippen LogP) is 2.03. The van der Waals surface area contributed by atoms with E-state index in [0.29, 0.717) is 24.7 Å². The van der Waals surface area contributed by atoms with Gasteiger partial charge in [-0.15, -0.1) is 10.2 Å². The molecular formula is C12H11F3N4. The molecule has 1 unspecified atom stereocenters. The highest BCUT2D eigenvalue weighted by atomic mass is 19.2. The molecule has 100 valence electrons. The topological polar surface area (TPSA) is 42.7 Å². The second-order valence-corrected chi connectivity index (χ2v) is 4.46. The van der Waals surface area contributed by atoms with Gasteiger partial charge in [0.1, 0.15) is 5.82 Å². The molecule has 1 aliphatic heterocycles. The van der Waals surface area contributed by atoms with E-state index in [0.717, 1.165) is 12.1 Å². The Kier molecular flexibility index (Phi) is 2.78. The van der Waals surface area contributed by atoms with Gasteiger partial charge in [0.15, 0.2) is 23.3 Å². The summed E-state index contributed by atoms with van der Waals surface area (Å²) in [6.45, 7) is 3.24. The molecular weight excluding hydrogens is 257 g/mol. The number of halogens is 3. The van der Waals surface area contributed by atoms with E-state index in [-0.39, 0.29) is 11.6 Å². The van der Waals surface area contributed by atoms with Crippen LogP contribution in [0.3, 0.4) is 0 Å². The highest BCUT2D eigenvalue weighted by Crippen LogP contribution is 2.26. The Morgan fingerprint density at radius 1 is 1.21 bits per heavy atom. The van der Waals surface area contributed by atoms with E-state index in [1.54, 1.807) is 4.57 Å². The van der Waals surface area contributed by atoms with Crippen LogP contribution in [0.4, 0.5) is 13.2 Å². The van der Waals surface area contributed by atoms with Gasteiger partial charge in [0.05, 0.1) is 6.04 Å². The molecule has 0 bridgehead atoms. The Hall–Kier alpha value is -1.89. The van der Waals surface area contributed by atoms with Gasteiger partial charge in [-0.1, -0.05) is 0 Å². The number of nitrogens with one attached hydrogen (secondary N) is 1. The Balaban J connectivity index is 2.13. The summed E-state index contributed by atoms with van der Waals surface area (Å²) in [5.41, 5.74) is 0.184. The van der Waals surface area contributed by atoms with Gasteiger partial charge in [-0.2, -0.15) is 0 Å². The fourth-order valence-electron chi connectivity index (χ4n) is 2.24. The van der Waals surface area contributed by atoms with E-state index in [4.69, 9.17) is 0 Å². The van der Waals surface area contributed by atoms with Crippen LogP contribution in [0.2, 0.25) is 0 Å². The molecule has 0 aliphatic carbocycles. The quantitative estimate of drug-likeness (QED) is 0.805. The Labute approximate surface area is 107 Å². The minimum absolute atomic E-state index is 0.0187. The summed E-state index contributed by atoms with van der Waals surface area (Å²) in [6, 6.07) is 1.88. The fraction of sp³-hybridized carbons (Fsp3) is 0.333. The molecule has 2 heterocycles. The summed E-state index contributed by atoms with van der Waals surface area (Å²) in [7, 11) is 0. The van der Waals surface area contributed by atoms with E-state index in [1.807, 2.05) is 6.92 Å². The molecule has 1 atom stereocenters. The average Bonchev–Trinajstić information content (AvgIpc) is 2.80. The van der Waals surface area contributed by atoms with Gasteiger partial charge < -0.3 is 9.88 Å². The Morgan fingerprint density at radius 3 is 2.58 bits per heavy atom. The lowest BCUT2D eigenvalue weighted by Crippen LogP contribution is -2.32. The zero-order valence-electron chi connectivity index (χ0n) is 10.1. The Morgan fingerprint density at radius 2 is 1.89 bits per heavy atom. The first-order valence-electron chi connectivity index (χ1n) is 5.89. The van der Waals surface area contributed by atoms with Crippen LogP contribution in [-0.2, 0) is 6.54 Å². The van der Waals surface area contributed by atoms with Crippen LogP contribution < -0.4 is 5.32 Å². The van der Waals surface area contributed by atoms with Crippen LogP contribution in [0.25, 0.3) is 11.4 Å². The lowest BCUT2D eigenvalue weighted by atomic mass is 10.1. The van der Waals surface area contributed by atoms with Gasteiger partial charge in [0.2, 0.25) is 0 Å². The molecule has 0 spiro atoms. The maximum absolute atomic E-state index is 13.3. The molecule has 2 aromatic rings. The van der Waals surface area contributed by atoms with Crippen LogP contribution in [-0.4, -0.2) is 21.3 Å². The second-order valence-electron chi connectivity index (χ2n) is 4.46. The molecule has 19 heavy (non-hydrogen) atoms. The lowest BCUT2D eigenvalue weighted by Gasteiger charge is -2.21. The predicted molar refractivity (Wildman–Crippen MR) is 61.7 cm³/mol. The Bertz CT molecular complexity index is 615. The van der Waals surface area contributed by atoms with E-state index < -0.39 is 17.5 Å². The van der Waals surface area contributed by atoms with Crippen molar-refractivity contribution >= 4 is 0 Å². The molecule has 0 saturated heterocycles. The number of hydrogen-bond donors (Lipinski definition) is 1. The minimum atomic E-state index is -1.47. The SMILES string of the molecule is CC1NCCn2c(-c3cc(F)c(F)c(F)c3)nnc21. The normalized spacial score (nSPS) is 18.4. The van der Waals surface area contributed by atoms with E-state index in [9.17, 15) is 13.2 Å². The molecule has 1 aliphatic rings. The smallest absolute Gasteiger partial charge is 0.194 e. The number of hydrogen-bond acceptors (Lipinski definition) is 3. The first kappa shape index (κ1) is 12.2. The van der Waals surface area contributed by atoms with Crippen LogP contribution >= 0.6 is 0 Å². The molecule has 3 rings (SSSR count). The largest absolute Gasteiger partial charge is 0.308 e. The molecule has 0 fully saturated rings. The maximum atomic E-state index is 13.3. The third-order valence-electron chi connectivity index (χ3n) is 3.19. The van der Waals surface area contributed by atoms with Crippen molar-refractivity contribution in [2.75, 3.05) is 6.54 Å². The highest BCUT2D eigenvalue weighted by Gasteiger charge is 2.23. The number of aromatic nitrogens is 3. The van der Waals surface area contributed by atoms with E-state index in [2.05, 4.69) is 15.5 Å². The summed E-state index contributed by atoms with van der Waals surface area (Å²) in [4.78, 5) is 0. The molecule has 1 N–H and O–H groups in total. The van der Waals surface area contributed by atoms with Crippen molar-refractivity contribution in [2.24, 2.45) is 0 Å². The van der Waals surface area contributed by atoms with Crippen molar-refractivity contribution in [3.05, 3.63) is 35.4 Å². The molecule has 1 aromatic carbocycles. The van der Waals surface area contributed by atoms with Gasteiger partial charge in [-0.3, -0.25) is 0 Å². The minimum Gasteiger partial charge on any atom is -0.308 e. The van der Waals surface area contributed by atoms with Crippen molar-refractivity contribution in [1.29, 1.82) is 0 Å². The van der Waals surface area contributed by atoms with Crippen LogP contribution in [0, 0.1) is 17.5 Å².